The first-order chi connectivity index (χ1) is 13.8. The van der Waals surface area contributed by atoms with Gasteiger partial charge in [-0.3, -0.25) is 9.59 Å². The van der Waals surface area contributed by atoms with Crippen LogP contribution < -0.4 is 5.32 Å². The lowest BCUT2D eigenvalue weighted by Gasteiger charge is -2.20. The van der Waals surface area contributed by atoms with Crippen LogP contribution in [0.3, 0.4) is 0 Å². The first kappa shape index (κ1) is 25.2. The van der Waals surface area contributed by atoms with E-state index in [-0.39, 0.29) is 5.56 Å². The van der Waals surface area contributed by atoms with Gasteiger partial charge in [-0.15, -0.1) is 4.40 Å². The van der Waals surface area contributed by atoms with E-state index in [1.54, 1.807) is 45.1 Å². The van der Waals surface area contributed by atoms with E-state index in [1.807, 2.05) is 0 Å². The number of alkyl halides is 2. The van der Waals surface area contributed by atoms with E-state index in [2.05, 4.69) is 4.40 Å². The number of nitriles is 1. The average Bonchev–Trinajstić information content (AvgIpc) is 2.69. The van der Waals surface area contributed by atoms with Crippen LogP contribution in [0.25, 0.3) is 0 Å². The highest BCUT2D eigenvalue weighted by atomic mass is 32.2. The molecule has 0 aliphatic rings. The Hall–Kier alpha value is -2.87. The van der Waals surface area contributed by atoms with Crippen molar-refractivity contribution in [2.24, 2.45) is 9.81 Å². The molecule has 0 saturated carbocycles. The number of carbonyl (C=O) groups excluding carboxylic acids is 2. The molecule has 0 aliphatic heterocycles. The number of aryl methyl sites for hydroxylation is 1. The van der Waals surface area contributed by atoms with Gasteiger partial charge in [-0.2, -0.15) is 22.5 Å². The first-order valence-electron chi connectivity index (χ1n) is 8.93. The lowest BCUT2D eigenvalue weighted by Crippen LogP contribution is -2.46. The van der Waals surface area contributed by atoms with Crippen LogP contribution in [0.15, 0.2) is 28.7 Å². The van der Waals surface area contributed by atoms with Crippen LogP contribution in [0.1, 0.15) is 38.3 Å². The number of rotatable bonds is 9. The Bertz CT molecular complexity index is 965. The van der Waals surface area contributed by atoms with E-state index in [9.17, 15) is 26.8 Å². The molecule has 0 unspecified atom stereocenters. The summed E-state index contributed by atoms with van der Waals surface area (Å²) in [6, 6.07) is 7.21. The van der Waals surface area contributed by atoms with Gasteiger partial charge >= 0.3 is 27.2 Å². The van der Waals surface area contributed by atoms with Crippen LogP contribution >= 0.6 is 0 Å². The number of hydrogen-bond donors (Lipinski definition) is 1. The summed E-state index contributed by atoms with van der Waals surface area (Å²) in [5, 5.41) is 5.86. The highest BCUT2D eigenvalue weighted by Crippen LogP contribution is 2.25. The molecule has 0 radical (unpaired) electrons. The number of halogens is 2. The minimum Gasteiger partial charge on any atom is -0.463 e. The molecule has 0 aromatic heterocycles. The summed E-state index contributed by atoms with van der Waals surface area (Å²) in [4.78, 5) is 23.5. The highest BCUT2D eigenvalue weighted by Gasteiger charge is 2.53. The molecule has 1 N–H and O–H groups in total. The smallest absolute Gasteiger partial charge is 0.442 e. The molecule has 1 amide bonds. The lowest BCUT2D eigenvalue weighted by atomic mass is 9.91. The molecular formula is C19H23F2N3O5S. The maximum atomic E-state index is 14.2. The van der Waals surface area contributed by atoms with Crippen molar-refractivity contribution in [3.8, 4) is 6.07 Å². The van der Waals surface area contributed by atoms with Crippen molar-refractivity contribution in [3.05, 3.63) is 35.4 Å². The highest BCUT2D eigenvalue weighted by molar-refractivity contribution is 7.92. The number of carbonyl (C=O) groups is 2. The third kappa shape index (κ3) is 6.06. The molecule has 164 valence electrons. The first-order valence-corrected chi connectivity index (χ1v) is 10.4. The van der Waals surface area contributed by atoms with Crippen LogP contribution in [-0.2, 0) is 24.3 Å². The fourth-order valence-electron chi connectivity index (χ4n) is 1.89. The van der Waals surface area contributed by atoms with Crippen LogP contribution in [0, 0.1) is 23.7 Å². The second-order valence-corrected chi connectivity index (χ2v) is 8.68. The van der Waals surface area contributed by atoms with Crippen LogP contribution in [-0.4, -0.2) is 44.4 Å². The summed E-state index contributed by atoms with van der Waals surface area (Å²) < 4.78 is 60.0. The minimum absolute atomic E-state index is 0.00772. The van der Waals surface area contributed by atoms with E-state index in [4.69, 9.17) is 10.00 Å². The fraction of sp³-hybridized carbons (Fsp3) is 0.474. The normalized spacial score (nSPS) is 12.8. The van der Waals surface area contributed by atoms with Crippen molar-refractivity contribution in [1.29, 1.82) is 5.26 Å². The Labute approximate surface area is 174 Å². The summed E-state index contributed by atoms with van der Waals surface area (Å²) in [6.45, 7) is 5.83. The summed E-state index contributed by atoms with van der Waals surface area (Å²) >= 11 is 0. The van der Waals surface area contributed by atoms with Crippen molar-refractivity contribution < 1.29 is 31.5 Å². The van der Waals surface area contributed by atoms with E-state index in [0.29, 0.717) is 6.42 Å². The van der Waals surface area contributed by atoms with Gasteiger partial charge in [0, 0.05) is 5.56 Å². The zero-order valence-electron chi connectivity index (χ0n) is 17.0. The molecule has 0 spiro atoms. The van der Waals surface area contributed by atoms with Gasteiger partial charge in [0.2, 0.25) is 0 Å². The molecule has 11 heteroatoms. The van der Waals surface area contributed by atoms with Gasteiger partial charge < -0.3 is 10.1 Å². The molecule has 0 atom stereocenters. The van der Waals surface area contributed by atoms with E-state index in [1.165, 1.54) is 18.2 Å². The molecular weight excluding hydrogens is 420 g/mol. The van der Waals surface area contributed by atoms with Gasteiger partial charge in [0.05, 0.1) is 12.0 Å². The number of esters is 1. The predicted octanol–water partition coefficient (Wildman–Crippen LogP) is 2.33. The standard InChI is InChI=1S/C19H23F2N3O5S/c1-5-18(3,4)17(26)29-11-10-23-16(25)19(20,21)30(27,28)24-15(12-22)14-8-6-13(2)7-9-14/h6-9H,5,10-11H2,1-4H3,(H,23,25)/b24-15-. The second kappa shape index (κ2) is 9.75. The predicted molar refractivity (Wildman–Crippen MR) is 105 cm³/mol. The van der Waals surface area contributed by atoms with Gasteiger partial charge in [-0.05, 0) is 27.2 Å². The maximum absolute atomic E-state index is 14.2. The topological polar surface area (TPSA) is 126 Å². The molecule has 1 rings (SSSR count). The Morgan fingerprint density at radius 2 is 1.80 bits per heavy atom. The van der Waals surface area contributed by atoms with Gasteiger partial charge in [-0.25, -0.2) is 0 Å². The van der Waals surface area contributed by atoms with E-state index < -0.39 is 51.4 Å². The number of ether oxygens (including phenoxy) is 1. The number of nitrogens with zero attached hydrogens (tertiary/aromatic N) is 2. The molecule has 1 aromatic rings. The van der Waals surface area contributed by atoms with Gasteiger partial charge in [0.1, 0.15) is 12.7 Å². The third-order valence-corrected chi connectivity index (χ3v) is 5.54. The van der Waals surface area contributed by atoms with Gasteiger partial charge in [0.25, 0.3) is 0 Å². The maximum Gasteiger partial charge on any atom is 0.442 e. The SMILES string of the molecule is CCC(C)(C)C(=O)OCCNC(=O)C(F)(F)S(=O)(=O)/N=C(/C#N)c1ccc(C)cc1. The van der Waals surface area contributed by atoms with Crippen LogP contribution in [0.5, 0.6) is 0 Å². The average molecular weight is 443 g/mol. The van der Waals surface area contributed by atoms with Crippen molar-refractivity contribution in [3.63, 3.8) is 0 Å². The number of sulfonamides is 1. The number of hydrogen-bond acceptors (Lipinski definition) is 6. The Morgan fingerprint density at radius 1 is 1.23 bits per heavy atom. The summed E-state index contributed by atoms with van der Waals surface area (Å²) in [6.07, 6.45) is 0.481. The van der Waals surface area contributed by atoms with Crippen molar-refractivity contribution in [1.82, 2.24) is 5.32 Å². The second-order valence-electron chi connectivity index (χ2n) is 7.04. The van der Waals surface area contributed by atoms with E-state index in [0.717, 1.165) is 5.56 Å². The zero-order valence-corrected chi connectivity index (χ0v) is 17.8. The fourth-order valence-corrected chi connectivity index (χ4v) is 2.70. The summed E-state index contributed by atoms with van der Waals surface area (Å²) in [7, 11) is -5.70. The molecule has 1 aromatic carbocycles. The van der Waals surface area contributed by atoms with Gasteiger partial charge in [-0.1, -0.05) is 36.8 Å². The Balaban J connectivity index is 2.87. The molecule has 0 bridgehead atoms. The summed E-state index contributed by atoms with van der Waals surface area (Å²) in [5.74, 6) is -2.72. The molecule has 0 aliphatic carbocycles. The molecule has 8 nitrogen and oxygen atoms in total. The molecule has 0 heterocycles. The van der Waals surface area contributed by atoms with Crippen molar-refractivity contribution in [2.75, 3.05) is 13.2 Å². The Kier molecular flexibility index (Phi) is 8.18. The number of amides is 1. The largest absolute Gasteiger partial charge is 0.463 e. The zero-order chi connectivity index (χ0) is 23.2. The molecule has 0 saturated heterocycles. The summed E-state index contributed by atoms with van der Waals surface area (Å²) in [5.41, 5.74) is -0.756. The number of nitrogens with one attached hydrogen (secondary N) is 1. The number of benzene rings is 1. The minimum atomic E-state index is -5.70. The van der Waals surface area contributed by atoms with Crippen molar-refractivity contribution in [2.45, 2.75) is 39.4 Å². The van der Waals surface area contributed by atoms with E-state index >= 15 is 0 Å². The van der Waals surface area contributed by atoms with Crippen LogP contribution in [0.4, 0.5) is 8.78 Å². The monoisotopic (exact) mass is 443 g/mol. The molecule has 30 heavy (non-hydrogen) atoms. The quantitative estimate of drug-likeness (QED) is 0.355. The lowest BCUT2D eigenvalue weighted by molar-refractivity contribution is -0.154. The third-order valence-electron chi connectivity index (χ3n) is 4.29. The van der Waals surface area contributed by atoms with Crippen molar-refractivity contribution >= 4 is 27.6 Å². The van der Waals surface area contributed by atoms with Gasteiger partial charge in [0.15, 0.2) is 5.71 Å². The molecule has 0 fully saturated rings. The van der Waals surface area contributed by atoms with Crippen LogP contribution in [0.2, 0.25) is 0 Å². The Morgan fingerprint density at radius 3 is 2.30 bits per heavy atom.